The van der Waals surface area contributed by atoms with Crippen LogP contribution in [0.15, 0.2) is 29.4 Å². The smallest absolute Gasteiger partial charge is 0.313 e. The largest absolute Gasteiger partial charge is 0.508 e. The lowest BCUT2D eigenvalue weighted by Crippen LogP contribution is -2.29. The Morgan fingerprint density at radius 2 is 1.89 bits per heavy atom. The predicted octanol–water partition coefficient (Wildman–Crippen LogP) is 2.90. The van der Waals surface area contributed by atoms with Crippen LogP contribution in [0.1, 0.15) is 25.3 Å². The average Bonchev–Trinajstić information content (AvgIpc) is 2.30. The molecule has 2 N–H and O–H groups in total. The fourth-order valence-corrected chi connectivity index (χ4v) is 1.96. The van der Waals surface area contributed by atoms with Crippen LogP contribution in [0.5, 0.6) is 5.75 Å². The highest BCUT2D eigenvalue weighted by atomic mass is 16.4. The van der Waals surface area contributed by atoms with Gasteiger partial charge in [-0.05, 0) is 29.1 Å². The van der Waals surface area contributed by atoms with Crippen molar-refractivity contribution in [3.8, 4) is 5.75 Å². The summed E-state index contributed by atoms with van der Waals surface area (Å²) < 4.78 is 0. The van der Waals surface area contributed by atoms with Gasteiger partial charge in [0.05, 0.1) is 0 Å². The molecule has 18 heavy (non-hydrogen) atoms. The van der Waals surface area contributed by atoms with Gasteiger partial charge in [-0.3, -0.25) is 4.79 Å². The number of carbonyl (C=O) groups is 1. The van der Waals surface area contributed by atoms with Gasteiger partial charge in [-0.15, -0.1) is 0 Å². The fourth-order valence-electron chi connectivity index (χ4n) is 1.96. The van der Waals surface area contributed by atoms with E-state index in [2.05, 4.69) is 10.0 Å². The molecule has 1 rings (SSSR count). The van der Waals surface area contributed by atoms with Crippen LogP contribution in [0.25, 0.3) is 10.4 Å². The summed E-state index contributed by atoms with van der Waals surface area (Å²) in [5.74, 6) is -1.49. The fraction of sp³-hybridized carbons (Fsp3) is 0.417. The number of benzene rings is 1. The number of carboxylic acids is 1. The SMILES string of the molecule is CC(C)[C@H](c1ccc(O)cc1)[C@H](N=[N+]=[N-])C(=O)O. The summed E-state index contributed by atoms with van der Waals surface area (Å²) in [7, 11) is 0. The zero-order chi connectivity index (χ0) is 13.7. The Hall–Kier alpha value is -2.20. The van der Waals surface area contributed by atoms with Gasteiger partial charge >= 0.3 is 5.97 Å². The second kappa shape index (κ2) is 5.93. The molecule has 0 saturated heterocycles. The Morgan fingerprint density at radius 1 is 1.33 bits per heavy atom. The molecule has 0 bridgehead atoms. The third kappa shape index (κ3) is 3.15. The molecule has 2 atom stereocenters. The van der Waals surface area contributed by atoms with E-state index in [9.17, 15) is 9.90 Å². The van der Waals surface area contributed by atoms with E-state index in [1.807, 2.05) is 13.8 Å². The maximum absolute atomic E-state index is 11.2. The summed E-state index contributed by atoms with van der Waals surface area (Å²) in [6, 6.07) is 5.10. The van der Waals surface area contributed by atoms with E-state index in [1.165, 1.54) is 12.1 Å². The van der Waals surface area contributed by atoms with E-state index < -0.39 is 17.9 Å². The molecule has 1 aromatic rings. The lowest BCUT2D eigenvalue weighted by Gasteiger charge is -2.24. The van der Waals surface area contributed by atoms with Gasteiger partial charge in [0.2, 0.25) is 0 Å². The van der Waals surface area contributed by atoms with Crippen LogP contribution in [-0.2, 0) is 4.79 Å². The number of carboxylic acid groups (broad SMARTS) is 1. The molecule has 6 heteroatoms. The molecule has 0 radical (unpaired) electrons. The van der Waals surface area contributed by atoms with Gasteiger partial charge in [0.15, 0.2) is 0 Å². The number of aliphatic carboxylic acids is 1. The number of phenolic OH excluding ortho intramolecular Hbond substituents is 1. The van der Waals surface area contributed by atoms with Gasteiger partial charge in [0.1, 0.15) is 11.8 Å². The van der Waals surface area contributed by atoms with Gasteiger partial charge in [-0.2, -0.15) is 0 Å². The minimum absolute atomic E-state index is 0.0128. The molecule has 0 amide bonds. The van der Waals surface area contributed by atoms with Gasteiger partial charge < -0.3 is 10.2 Å². The van der Waals surface area contributed by atoms with Crippen molar-refractivity contribution in [2.75, 3.05) is 0 Å². The average molecular weight is 249 g/mol. The standard InChI is InChI=1S/C12H15N3O3/c1-7(2)10(11(12(17)18)14-15-13)8-3-5-9(16)6-4-8/h3-7,10-11,16H,1-2H3,(H,17,18)/t10-,11+/m1/s1. The second-order valence-corrected chi connectivity index (χ2v) is 4.35. The molecule has 0 fully saturated rings. The highest BCUT2D eigenvalue weighted by Crippen LogP contribution is 2.31. The van der Waals surface area contributed by atoms with Crippen molar-refractivity contribution in [1.82, 2.24) is 0 Å². The van der Waals surface area contributed by atoms with Gasteiger partial charge in [-0.1, -0.05) is 31.1 Å². The third-order valence-corrected chi connectivity index (χ3v) is 2.77. The Bertz CT molecular complexity index is 462. The minimum Gasteiger partial charge on any atom is -0.508 e. The number of azide groups is 1. The molecular formula is C12H15N3O3. The van der Waals surface area contributed by atoms with Crippen LogP contribution >= 0.6 is 0 Å². The van der Waals surface area contributed by atoms with Crippen LogP contribution in [0.4, 0.5) is 0 Å². The monoisotopic (exact) mass is 249 g/mol. The molecule has 0 aliphatic rings. The van der Waals surface area contributed by atoms with Gasteiger partial charge in [0.25, 0.3) is 0 Å². The molecular weight excluding hydrogens is 234 g/mol. The number of hydrogen-bond donors (Lipinski definition) is 2. The lowest BCUT2D eigenvalue weighted by molar-refractivity contribution is -0.139. The van der Waals surface area contributed by atoms with Crippen molar-refractivity contribution >= 4 is 5.97 Å². The zero-order valence-electron chi connectivity index (χ0n) is 10.2. The molecule has 0 saturated carbocycles. The quantitative estimate of drug-likeness (QED) is 0.476. The van der Waals surface area contributed by atoms with Crippen LogP contribution in [-0.4, -0.2) is 22.2 Å². The highest BCUT2D eigenvalue weighted by Gasteiger charge is 2.30. The maximum atomic E-state index is 11.2. The van der Waals surface area contributed by atoms with Crippen LogP contribution in [0.3, 0.4) is 0 Å². The summed E-state index contributed by atoms with van der Waals surface area (Å²) in [6.45, 7) is 3.72. The Morgan fingerprint density at radius 3 is 2.28 bits per heavy atom. The minimum atomic E-state index is -1.15. The van der Waals surface area contributed by atoms with E-state index in [0.29, 0.717) is 0 Å². The van der Waals surface area contributed by atoms with E-state index >= 15 is 0 Å². The summed E-state index contributed by atoms with van der Waals surface area (Å²) in [5.41, 5.74) is 9.19. The molecule has 0 spiro atoms. The Kier molecular flexibility index (Phi) is 4.57. The highest BCUT2D eigenvalue weighted by molar-refractivity contribution is 5.75. The number of hydrogen-bond acceptors (Lipinski definition) is 3. The van der Waals surface area contributed by atoms with E-state index in [4.69, 9.17) is 10.6 Å². The molecule has 0 aromatic heterocycles. The van der Waals surface area contributed by atoms with Crippen molar-refractivity contribution in [3.05, 3.63) is 40.3 Å². The molecule has 1 aromatic carbocycles. The van der Waals surface area contributed by atoms with Gasteiger partial charge in [0, 0.05) is 10.8 Å². The first-order valence-electron chi connectivity index (χ1n) is 5.53. The number of nitrogens with zero attached hydrogens (tertiary/aromatic N) is 3. The maximum Gasteiger partial charge on any atom is 0.313 e. The van der Waals surface area contributed by atoms with E-state index in [1.54, 1.807) is 12.1 Å². The lowest BCUT2D eigenvalue weighted by atomic mass is 9.82. The normalized spacial score (nSPS) is 13.7. The number of rotatable bonds is 5. The zero-order valence-corrected chi connectivity index (χ0v) is 10.2. The van der Waals surface area contributed by atoms with Crippen molar-refractivity contribution in [2.45, 2.75) is 25.8 Å². The van der Waals surface area contributed by atoms with Crippen LogP contribution < -0.4 is 0 Å². The first-order chi connectivity index (χ1) is 8.47. The third-order valence-electron chi connectivity index (χ3n) is 2.77. The summed E-state index contributed by atoms with van der Waals surface area (Å²) in [6.07, 6.45) is 0. The molecule has 96 valence electrons. The van der Waals surface area contributed by atoms with E-state index in [-0.39, 0.29) is 11.7 Å². The van der Waals surface area contributed by atoms with Crippen molar-refractivity contribution < 1.29 is 15.0 Å². The number of aromatic hydroxyl groups is 1. The summed E-state index contributed by atoms with van der Waals surface area (Å²) in [4.78, 5) is 13.8. The molecule has 0 unspecified atom stereocenters. The first-order valence-corrected chi connectivity index (χ1v) is 5.53. The molecule has 0 aliphatic carbocycles. The predicted molar refractivity (Wildman–Crippen MR) is 66.3 cm³/mol. The first kappa shape index (κ1) is 13.9. The topological polar surface area (TPSA) is 106 Å². The van der Waals surface area contributed by atoms with E-state index in [0.717, 1.165) is 5.56 Å². The van der Waals surface area contributed by atoms with Crippen LogP contribution in [0.2, 0.25) is 0 Å². The van der Waals surface area contributed by atoms with Crippen molar-refractivity contribution in [2.24, 2.45) is 11.0 Å². The molecule has 0 heterocycles. The van der Waals surface area contributed by atoms with Crippen molar-refractivity contribution in [3.63, 3.8) is 0 Å². The Balaban J connectivity index is 3.19. The van der Waals surface area contributed by atoms with Crippen molar-refractivity contribution in [1.29, 1.82) is 0 Å². The summed E-state index contributed by atoms with van der Waals surface area (Å²) >= 11 is 0. The Labute approximate surface area is 105 Å². The second-order valence-electron chi connectivity index (χ2n) is 4.35. The van der Waals surface area contributed by atoms with Crippen LogP contribution in [0, 0.1) is 5.92 Å². The summed E-state index contributed by atoms with van der Waals surface area (Å²) in [5, 5.41) is 21.7. The molecule has 0 aliphatic heterocycles. The van der Waals surface area contributed by atoms with Gasteiger partial charge in [-0.25, -0.2) is 0 Å². The number of phenols is 1. The molecule has 6 nitrogen and oxygen atoms in total.